The molecule has 2 atom stereocenters. The summed E-state index contributed by atoms with van der Waals surface area (Å²) < 4.78 is 5.53. The number of benzene rings is 2. The Morgan fingerprint density at radius 2 is 1.80 bits per heavy atom. The van der Waals surface area contributed by atoms with Crippen LogP contribution in [0.1, 0.15) is 47.1 Å². The Kier molecular flexibility index (Phi) is 4.60. The highest BCUT2D eigenvalue weighted by Gasteiger charge is 2.41. The summed E-state index contributed by atoms with van der Waals surface area (Å²) in [4.78, 5) is 13.4. The molecule has 152 valence electrons. The third-order valence-corrected chi connectivity index (χ3v) is 6.64. The van der Waals surface area contributed by atoms with E-state index >= 15 is 0 Å². The van der Waals surface area contributed by atoms with Crippen LogP contribution in [0.2, 0.25) is 10.0 Å². The molecule has 0 saturated carbocycles. The maximum absolute atomic E-state index is 13.4. The van der Waals surface area contributed by atoms with E-state index in [0.29, 0.717) is 28.8 Å². The molecule has 2 N–H and O–H groups in total. The van der Waals surface area contributed by atoms with Crippen LogP contribution in [-0.2, 0) is 4.79 Å². The number of fused-ring (bicyclic) bond motifs is 1. The number of rotatable bonds is 2. The summed E-state index contributed by atoms with van der Waals surface area (Å²) >= 11 is 12.4. The van der Waals surface area contributed by atoms with Crippen molar-refractivity contribution in [3.8, 4) is 5.75 Å². The number of aromatic nitrogens is 1. The number of anilines is 1. The van der Waals surface area contributed by atoms with E-state index in [2.05, 4.69) is 10.5 Å². The van der Waals surface area contributed by atoms with Crippen LogP contribution in [0.3, 0.4) is 0 Å². The first-order chi connectivity index (χ1) is 14.4. The fourth-order valence-corrected chi connectivity index (χ4v) is 4.79. The average molecular weight is 441 g/mol. The molecular formula is C23H18Cl2N2O3. The lowest BCUT2D eigenvalue weighted by Gasteiger charge is -2.34. The molecule has 3 aromatic rings. The number of nitrogens with zero attached hydrogens (tertiary/aromatic N) is 1. The number of aryl methyl sites for hydroxylation is 1. The topological polar surface area (TPSA) is 75.4 Å². The largest absolute Gasteiger partial charge is 0.508 e. The lowest BCUT2D eigenvalue weighted by Crippen LogP contribution is -2.29. The quantitative estimate of drug-likeness (QED) is 0.514. The van der Waals surface area contributed by atoms with Gasteiger partial charge in [0.1, 0.15) is 5.75 Å². The van der Waals surface area contributed by atoms with Crippen molar-refractivity contribution in [3.63, 3.8) is 0 Å². The summed E-state index contributed by atoms with van der Waals surface area (Å²) in [5.74, 6) is 0.540. The molecule has 1 aromatic heterocycles. The van der Waals surface area contributed by atoms with Gasteiger partial charge in [-0.1, -0.05) is 46.6 Å². The number of allylic oxidation sites excluding steroid dienone is 2. The summed E-state index contributed by atoms with van der Waals surface area (Å²) in [5, 5.41) is 17.9. The number of hydrogen-bond donors (Lipinski definition) is 2. The molecule has 2 aromatic carbocycles. The first-order valence-electron chi connectivity index (χ1n) is 9.65. The number of phenols is 1. The Morgan fingerprint density at radius 3 is 2.53 bits per heavy atom. The number of aromatic hydroxyl groups is 1. The van der Waals surface area contributed by atoms with Gasteiger partial charge >= 0.3 is 0 Å². The van der Waals surface area contributed by atoms with Crippen LogP contribution in [0.4, 0.5) is 5.88 Å². The maximum Gasteiger partial charge on any atom is 0.233 e. The molecular weight excluding hydrogens is 423 g/mol. The minimum atomic E-state index is -0.314. The second-order valence-corrected chi connectivity index (χ2v) is 8.57. The van der Waals surface area contributed by atoms with Gasteiger partial charge in [0.2, 0.25) is 5.88 Å². The summed E-state index contributed by atoms with van der Waals surface area (Å²) in [6.07, 6.45) is 1.05. The second kappa shape index (κ2) is 7.18. The monoisotopic (exact) mass is 440 g/mol. The number of carbonyl (C=O) groups excluding carboxylic acids is 1. The molecule has 0 fully saturated rings. The van der Waals surface area contributed by atoms with Gasteiger partial charge in [-0.15, -0.1) is 0 Å². The Balaban J connectivity index is 1.62. The van der Waals surface area contributed by atoms with E-state index in [1.54, 1.807) is 24.3 Å². The molecule has 5 nitrogen and oxygen atoms in total. The second-order valence-electron chi connectivity index (χ2n) is 7.75. The normalized spacial score (nSPS) is 20.6. The summed E-state index contributed by atoms with van der Waals surface area (Å²) in [7, 11) is 0. The predicted molar refractivity (Wildman–Crippen MR) is 115 cm³/mol. The number of hydrogen-bond acceptors (Lipinski definition) is 5. The molecule has 2 heterocycles. The number of halogens is 2. The fraction of sp³-hybridized carbons (Fsp3) is 0.217. The van der Waals surface area contributed by atoms with Crippen molar-refractivity contribution in [1.29, 1.82) is 0 Å². The van der Waals surface area contributed by atoms with Crippen molar-refractivity contribution in [2.45, 2.75) is 31.6 Å². The molecule has 2 unspecified atom stereocenters. The summed E-state index contributed by atoms with van der Waals surface area (Å²) in [6.45, 7) is 1.87. The van der Waals surface area contributed by atoms with Crippen LogP contribution in [0.25, 0.3) is 0 Å². The molecule has 1 aliphatic carbocycles. The Morgan fingerprint density at radius 1 is 1.07 bits per heavy atom. The number of Topliss-reactive ketones (excluding diaryl/α,β-unsaturated/α-hetero) is 1. The molecule has 30 heavy (non-hydrogen) atoms. The number of nitrogens with one attached hydrogen (secondary N) is 1. The van der Waals surface area contributed by atoms with Gasteiger partial charge in [0, 0.05) is 23.6 Å². The van der Waals surface area contributed by atoms with Gasteiger partial charge in [-0.3, -0.25) is 4.79 Å². The van der Waals surface area contributed by atoms with E-state index in [9.17, 15) is 9.90 Å². The zero-order valence-corrected chi connectivity index (χ0v) is 17.6. The smallest absolute Gasteiger partial charge is 0.233 e. The van der Waals surface area contributed by atoms with Crippen LogP contribution in [0.15, 0.2) is 58.3 Å². The number of carbonyl (C=O) groups is 1. The lowest BCUT2D eigenvalue weighted by molar-refractivity contribution is -0.116. The third-order valence-electron chi connectivity index (χ3n) is 5.90. The van der Waals surface area contributed by atoms with Gasteiger partial charge in [-0.05, 0) is 54.7 Å². The molecule has 0 bridgehead atoms. The van der Waals surface area contributed by atoms with Crippen LogP contribution in [0.5, 0.6) is 5.75 Å². The third kappa shape index (κ3) is 3.09. The highest BCUT2D eigenvalue weighted by atomic mass is 35.5. The summed E-state index contributed by atoms with van der Waals surface area (Å²) in [5.41, 5.74) is 5.03. The SMILES string of the molecule is Cc1noc2c1C(c1ccc(Cl)c(Cl)c1)C1=C(CC(c3ccc(O)cc3)CC1=O)N2. The molecule has 0 saturated heterocycles. The molecule has 5 rings (SSSR count). The van der Waals surface area contributed by atoms with Gasteiger partial charge in [0.05, 0.1) is 21.3 Å². The van der Waals surface area contributed by atoms with Gasteiger partial charge in [0.25, 0.3) is 0 Å². The minimum Gasteiger partial charge on any atom is -0.508 e. The highest BCUT2D eigenvalue weighted by Crippen LogP contribution is 2.49. The predicted octanol–water partition coefficient (Wildman–Crippen LogP) is 5.95. The van der Waals surface area contributed by atoms with Crippen LogP contribution >= 0.6 is 23.2 Å². The van der Waals surface area contributed by atoms with E-state index in [1.807, 2.05) is 25.1 Å². The van der Waals surface area contributed by atoms with Gasteiger partial charge in [0.15, 0.2) is 5.78 Å². The molecule has 0 spiro atoms. The van der Waals surface area contributed by atoms with Crippen LogP contribution in [-0.4, -0.2) is 16.0 Å². The van der Waals surface area contributed by atoms with E-state index in [0.717, 1.165) is 33.7 Å². The minimum absolute atomic E-state index is 0.0179. The Hall–Kier alpha value is -2.76. The molecule has 2 aliphatic rings. The first-order valence-corrected chi connectivity index (χ1v) is 10.4. The Bertz CT molecular complexity index is 1200. The fourth-order valence-electron chi connectivity index (χ4n) is 4.48. The van der Waals surface area contributed by atoms with Crippen molar-refractivity contribution in [2.24, 2.45) is 0 Å². The van der Waals surface area contributed by atoms with Crippen molar-refractivity contribution >= 4 is 34.9 Å². The zero-order chi connectivity index (χ0) is 21.0. The average Bonchev–Trinajstić information content (AvgIpc) is 3.09. The van der Waals surface area contributed by atoms with E-state index in [1.165, 1.54) is 0 Å². The molecule has 0 amide bonds. The van der Waals surface area contributed by atoms with E-state index in [-0.39, 0.29) is 23.4 Å². The molecule has 1 aliphatic heterocycles. The van der Waals surface area contributed by atoms with E-state index < -0.39 is 0 Å². The summed E-state index contributed by atoms with van der Waals surface area (Å²) in [6, 6.07) is 12.5. The van der Waals surface area contributed by atoms with Crippen molar-refractivity contribution < 1.29 is 14.4 Å². The number of ketones is 1. The van der Waals surface area contributed by atoms with E-state index in [4.69, 9.17) is 27.7 Å². The number of phenolic OH excluding ortho intramolecular Hbond substituents is 1. The molecule has 0 radical (unpaired) electrons. The van der Waals surface area contributed by atoms with Gasteiger partial charge in [-0.25, -0.2) is 0 Å². The molecule has 7 heteroatoms. The van der Waals surface area contributed by atoms with Crippen molar-refractivity contribution in [3.05, 3.63) is 86.2 Å². The van der Waals surface area contributed by atoms with Crippen LogP contribution < -0.4 is 5.32 Å². The maximum atomic E-state index is 13.4. The Labute approximate surface area is 183 Å². The standard InChI is InChI=1S/C23H18Cl2N2O3/c1-11-20-21(13-4-7-16(24)17(25)8-13)22-18(26-23(20)30-27-11)9-14(10-19(22)29)12-2-5-15(28)6-3-12/h2-8,14,21,26,28H,9-10H2,1H3. The zero-order valence-electron chi connectivity index (χ0n) is 16.1. The van der Waals surface area contributed by atoms with Gasteiger partial charge in [-0.2, -0.15) is 0 Å². The van der Waals surface area contributed by atoms with Crippen LogP contribution in [0, 0.1) is 6.92 Å². The van der Waals surface area contributed by atoms with Crippen molar-refractivity contribution in [1.82, 2.24) is 5.16 Å². The van der Waals surface area contributed by atoms with Gasteiger partial charge < -0.3 is 14.9 Å². The highest BCUT2D eigenvalue weighted by molar-refractivity contribution is 6.42. The van der Waals surface area contributed by atoms with Crippen molar-refractivity contribution in [2.75, 3.05) is 5.32 Å². The first kappa shape index (κ1) is 19.2. The lowest BCUT2D eigenvalue weighted by atomic mass is 9.72.